The first-order valence-corrected chi connectivity index (χ1v) is 7.69. The van der Waals surface area contributed by atoms with Crippen molar-refractivity contribution in [1.29, 1.82) is 0 Å². The Balaban J connectivity index is 2.56. The number of nitrogens with two attached hydrogens (primary N) is 1. The molecule has 1 aromatic rings. The summed E-state index contributed by atoms with van der Waals surface area (Å²) in [6.07, 6.45) is 4.79. The van der Waals surface area contributed by atoms with E-state index in [2.05, 4.69) is 28.2 Å². The van der Waals surface area contributed by atoms with Gasteiger partial charge in [-0.05, 0) is 24.6 Å². The Hall–Kier alpha value is -1.36. The van der Waals surface area contributed by atoms with Gasteiger partial charge in [0.05, 0.1) is 0 Å². The molecule has 0 spiro atoms. The summed E-state index contributed by atoms with van der Waals surface area (Å²) in [5.41, 5.74) is 5.86. The third kappa shape index (κ3) is 5.74. The molecule has 0 saturated heterocycles. The summed E-state index contributed by atoms with van der Waals surface area (Å²) >= 11 is 3.31. The first-order valence-electron chi connectivity index (χ1n) is 6.90. The lowest BCUT2D eigenvalue weighted by Crippen LogP contribution is -2.44. The highest BCUT2D eigenvalue weighted by molar-refractivity contribution is 9.10. The van der Waals surface area contributed by atoms with Crippen molar-refractivity contribution in [2.45, 2.75) is 45.1 Å². The minimum Gasteiger partial charge on any atom is -0.368 e. The zero-order valence-corrected chi connectivity index (χ0v) is 13.3. The molecule has 1 atom stereocenters. The largest absolute Gasteiger partial charge is 0.368 e. The molecular weight excluding hydrogens is 320 g/mol. The molecule has 0 aliphatic rings. The molecule has 0 radical (unpaired) electrons. The highest BCUT2D eigenvalue weighted by atomic mass is 79.9. The average molecular weight is 341 g/mol. The van der Waals surface area contributed by atoms with Gasteiger partial charge in [-0.25, -0.2) is 0 Å². The topological polar surface area (TPSA) is 72.2 Å². The number of hydrogen-bond donors (Lipinski definition) is 2. The Bertz CT molecular complexity index is 463. The number of carbonyl (C=O) groups excluding carboxylic acids is 2. The summed E-state index contributed by atoms with van der Waals surface area (Å²) in [5, 5.41) is 2.70. The van der Waals surface area contributed by atoms with Gasteiger partial charge in [0.25, 0.3) is 5.91 Å². The summed E-state index contributed by atoms with van der Waals surface area (Å²) in [6.45, 7) is 2.13. The fourth-order valence-corrected chi connectivity index (χ4v) is 2.33. The minimum absolute atomic E-state index is 0.273. The van der Waals surface area contributed by atoms with E-state index in [1.807, 2.05) is 6.07 Å². The number of halogens is 1. The van der Waals surface area contributed by atoms with Gasteiger partial charge in [0, 0.05) is 10.0 Å². The van der Waals surface area contributed by atoms with Crippen LogP contribution in [0.1, 0.15) is 49.4 Å². The van der Waals surface area contributed by atoms with Gasteiger partial charge in [0.1, 0.15) is 6.04 Å². The number of primary amides is 1. The van der Waals surface area contributed by atoms with E-state index >= 15 is 0 Å². The standard InChI is InChI=1S/C15H21BrN2O2/c1-2-3-4-5-9-13(14(17)19)18-15(20)11-7-6-8-12(16)10-11/h6-8,10,13H,2-5,9H2,1H3,(H2,17,19)(H,18,20)/t13-/m0/s1. The molecule has 110 valence electrons. The maximum Gasteiger partial charge on any atom is 0.251 e. The van der Waals surface area contributed by atoms with E-state index in [1.165, 1.54) is 0 Å². The minimum atomic E-state index is -0.599. The average Bonchev–Trinajstić information content (AvgIpc) is 2.41. The second-order valence-corrected chi connectivity index (χ2v) is 5.70. The van der Waals surface area contributed by atoms with Gasteiger partial charge in [-0.15, -0.1) is 0 Å². The van der Waals surface area contributed by atoms with E-state index in [9.17, 15) is 9.59 Å². The van der Waals surface area contributed by atoms with Gasteiger partial charge in [0.15, 0.2) is 0 Å². The molecule has 2 amide bonds. The maximum atomic E-state index is 12.1. The van der Waals surface area contributed by atoms with E-state index in [0.717, 1.165) is 30.2 Å². The van der Waals surface area contributed by atoms with Gasteiger partial charge >= 0.3 is 0 Å². The summed E-state index contributed by atoms with van der Waals surface area (Å²) in [6, 6.07) is 6.44. The number of amides is 2. The highest BCUT2D eigenvalue weighted by Gasteiger charge is 2.18. The van der Waals surface area contributed by atoms with E-state index in [4.69, 9.17) is 5.73 Å². The second kappa shape index (κ2) is 8.74. The highest BCUT2D eigenvalue weighted by Crippen LogP contribution is 2.12. The van der Waals surface area contributed by atoms with Crippen LogP contribution in [0.2, 0.25) is 0 Å². The third-order valence-electron chi connectivity index (χ3n) is 3.08. The van der Waals surface area contributed by atoms with E-state index in [0.29, 0.717) is 12.0 Å². The summed E-state index contributed by atoms with van der Waals surface area (Å²) in [7, 11) is 0. The molecule has 4 nitrogen and oxygen atoms in total. The summed E-state index contributed by atoms with van der Waals surface area (Å²) in [4.78, 5) is 23.5. The predicted molar refractivity (Wildman–Crippen MR) is 83.3 cm³/mol. The molecule has 0 aromatic heterocycles. The van der Waals surface area contributed by atoms with Crippen molar-refractivity contribution in [2.75, 3.05) is 0 Å². The fourth-order valence-electron chi connectivity index (χ4n) is 1.93. The van der Waals surface area contributed by atoms with Gasteiger partial charge in [-0.2, -0.15) is 0 Å². The van der Waals surface area contributed by atoms with Crippen LogP contribution >= 0.6 is 15.9 Å². The summed E-state index contributed by atoms with van der Waals surface area (Å²) in [5.74, 6) is -0.754. The van der Waals surface area contributed by atoms with Crippen molar-refractivity contribution in [3.63, 3.8) is 0 Å². The van der Waals surface area contributed by atoms with E-state index in [1.54, 1.807) is 18.2 Å². The molecule has 0 aliphatic carbocycles. The number of benzene rings is 1. The van der Waals surface area contributed by atoms with Crippen LogP contribution in [0.4, 0.5) is 0 Å². The Morgan fingerprint density at radius 3 is 2.65 bits per heavy atom. The summed E-state index contributed by atoms with van der Waals surface area (Å²) < 4.78 is 0.823. The third-order valence-corrected chi connectivity index (χ3v) is 3.58. The van der Waals surface area contributed by atoms with Crippen molar-refractivity contribution < 1.29 is 9.59 Å². The molecule has 0 fully saturated rings. The molecule has 0 bridgehead atoms. The molecule has 1 aromatic carbocycles. The van der Waals surface area contributed by atoms with Crippen molar-refractivity contribution in [3.8, 4) is 0 Å². The SMILES string of the molecule is CCCCCC[C@H](NC(=O)c1cccc(Br)c1)C(N)=O. The normalized spacial score (nSPS) is 11.9. The van der Waals surface area contributed by atoms with Crippen LogP contribution in [0.15, 0.2) is 28.7 Å². The molecule has 0 heterocycles. The smallest absolute Gasteiger partial charge is 0.251 e. The number of carbonyl (C=O) groups is 2. The second-order valence-electron chi connectivity index (χ2n) is 4.79. The fraction of sp³-hybridized carbons (Fsp3) is 0.467. The quantitative estimate of drug-likeness (QED) is 0.714. The van der Waals surface area contributed by atoms with Crippen LogP contribution in [0.5, 0.6) is 0 Å². The molecule has 0 saturated carbocycles. The van der Waals surface area contributed by atoms with Gasteiger partial charge < -0.3 is 11.1 Å². The van der Waals surface area contributed by atoms with Crippen LogP contribution in [0.3, 0.4) is 0 Å². The van der Waals surface area contributed by atoms with E-state index < -0.39 is 11.9 Å². The van der Waals surface area contributed by atoms with Gasteiger partial charge in [-0.3, -0.25) is 9.59 Å². The Kier molecular flexibility index (Phi) is 7.30. The number of unbranched alkanes of at least 4 members (excludes halogenated alkanes) is 3. The van der Waals surface area contributed by atoms with E-state index in [-0.39, 0.29) is 5.91 Å². The molecule has 0 aliphatic heterocycles. The van der Waals surface area contributed by atoms with Gasteiger partial charge in [0.2, 0.25) is 5.91 Å². The lowest BCUT2D eigenvalue weighted by Gasteiger charge is -2.15. The molecule has 3 N–H and O–H groups in total. The maximum absolute atomic E-state index is 12.1. The molecular formula is C15H21BrN2O2. The van der Waals surface area contributed by atoms with Crippen molar-refractivity contribution >= 4 is 27.7 Å². The van der Waals surface area contributed by atoms with Crippen molar-refractivity contribution in [2.24, 2.45) is 5.73 Å². The van der Waals surface area contributed by atoms with Crippen LogP contribution in [-0.4, -0.2) is 17.9 Å². The molecule has 1 rings (SSSR count). The molecule has 5 heteroatoms. The van der Waals surface area contributed by atoms with Crippen molar-refractivity contribution in [3.05, 3.63) is 34.3 Å². The number of nitrogens with one attached hydrogen (secondary N) is 1. The predicted octanol–water partition coefficient (Wildman–Crippen LogP) is 3.00. The molecule has 0 unspecified atom stereocenters. The van der Waals surface area contributed by atoms with Crippen molar-refractivity contribution in [1.82, 2.24) is 5.32 Å². The monoisotopic (exact) mass is 340 g/mol. The Labute approximate surface area is 128 Å². The number of rotatable bonds is 8. The van der Waals surface area contributed by atoms with Crippen LogP contribution in [0.25, 0.3) is 0 Å². The number of hydrogen-bond acceptors (Lipinski definition) is 2. The zero-order valence-electron chi connectivity index (χ0n) is 11.7. The van der Waals surface area contributed by atoms with Crippen LogP contribution < -0.4 is 11.1 Å². The molecule has 20 heavy (non-hydrogen) atoms. The first kappa shape index (κ1) is 16.7. The lowest BCUT2D eigenvalue weighted by molar-refractivity contribution is -0.120. The zero-order chi connectivity index (χ0) is 15.0. The van der Waals surface area contributed by atoms with Gasteiger partial charge in [-0.1, -0.05) is 54.6 Å². The Morgan fingerprint density at radius 1 is 1.30 bits per heavy atom. The van der Waals surface area contributed by atoms with Crippen LogP contribution in [-0.2, 0) is 4.79 Å². The lowest BCUT2D eigenvalue weighted by atomic mass is 10.1. The first-order chi connectivity index (χ1) is 9.54. The Morgan fingerprint density at radius 2 is 2.05 bits per heavy atom. The van der Waals surface area contributed by atoms with Crippen LogP contribution in [0, 0.1) is 0 Å².